The minimum atomic E-state index is -0.151. The lowest BCUT2D eigenvalue weighted by molar-refractivity contribution is 0.313. The van der Waals surface area contributed by atoms with Crippen LogP contribution in [-0.4, -0.2) is 39.1 Å². The van der Waals surface area contributed by atoms with Crippen molar-refractivity contribution in [1.29, 1.82) is 0 Å². The predicted molar refractivity (Wildman–Crippen MR) is 73.3 cm³/mol. The van der Waals surface area contributed by atoms with Crippen LogP contribution >= 0.6 is 0 Å². The average molecular weight is 251 g/mol. The SMILES string of the molecule is CN(C)c1c(F)cccc1C1CC(CN)CN1C. The summed E-state index contributed by atoms with van der Waals surface area (Å²) >= 11 is 0. The van der Waals surface area contributed by atoms with Crippen LogP contribution in [0.1, 0.15) is 18.0 Å². The highest BCUT2D eigenvalue weighted by Crippen LogP contribution is 2.38. The van der Waals surface area contributed by atoms with Gasteiger partial charge in [0.05, 0.1) is 5.69 Å². The molecule has 1 aromatic carbocycles. The monoisotopic (exact) mass is 251 g/mol. The summed E-state index contributed by atoms with van der Waals surface area (Å²) in [5, 5.41) is 0. The van der Waals surface area contributed by atoms with Gasteiger partial charge in [0.1, 0.15) is 5.82 Å². The Bertz CT molecular complexity index is 420. The fraction of sp³-hybridized carbons (Fsp3) is 0.571. The Kier molecular flexibility index (Phi) is 3.88. The fourth-order valence-electron chi connectivity index (χ4n) is 2.91. The normalized spacial score (nSPS) is 24.5. The molecule has 18 heavy (non-hydrogen) atoms. The minimum absolute atomic E-state index is 0.151. The zero-order valence-electron chi connectivity index (χ0n) is 11.4. The van der Waals surface area contributed by atoms with E-state index in [1.807, 2.05) is 25.1 Å². The maximum atomic E-state index is 14.0. The summed E-state index contributed by atoms with van der Waals surface area (Å²) in [4.78, 5) is 4.13. The van der Waals surface area contributed by atoms with Gasteiger partial charge in [-0.3, -0.25) is 4.90 Å². The van der Waals surface area contributed by atoms with Crippen molar-refractivity contribution in [3.8, 4) is 0 Å². The minimum Gasteiger partial charge on any atom is -0.375 e. The van der Waals surface area contributed by atoms with Crippen molar-refractivity contribution < 1.29 is 4.39 Å². The Morgan fingerprint density at radius 3 is 2.72 bits per heavy atom. The zero-order valence-corrected chi connectivity index (χ0v) is 11.4. The first-order chi connectivity index (χ1) is 8.54. The number of nitrogens with zero attached hydrogens (tertiary/aromatic N) is 2. The molecule has 4 heteroatoms. The summed E-state index contributed by atoms with van der Waals surface area (Å²) in [7, 11) is 5.86. The lowest BCUT2D eigenvalue weighted by Crippen LogP contribution is -2.22. The van der Waals surface area contributed by atoms with E-state index < -0.39 is 0 Å². The number of hydrogen-bond acceptors (Lipinski definition) is 3. The summed E-state index contributed by atoms with van der Waals surface area (Å²) < 4.78 is 14.0. The number of hydrogen-bond donors (Lipinski definition) is 1. The number of nitrogens with two attached hydrogens (primary N) is 1. The van der Waals surface area contributed by atoms with E-state index in [1.165, 1.54) is 6.07 Å². The molecule has 2 N–H and O–H groups in total. The van der Waals surface area contributed by atoms with E-state index >= 15 is 0 Å². The molecule has 0 bridgehead atoms. The van der Waals surface area contributed by atoms with Gasteiger partial charge < -0.3 is 10.6 Å². The molecular formula is C14H22FN3. The van der Waals surface area contributed by atoms with Gasteiger partial charge in [0.15, 0.2) is 0 Å². The number of anilines is 1. The molecule has 2 atom stereocenters. The molecule has 0 spiro atoms. The third kappa shape index (κ3) is 2.35. The van der Waals surface area contributed by atoms with E-state index in [4.69, 9.17) is 5.73 Å². The topological polar surface area (TPSA) is 32.5 Å². The van der Waals surface area contributed by atoms with Crippen molar-refractivity contribution in [3.05, 3.63) is 29.6 Å². The molecule has 1 fully saturated rings. The quantitative estimate of drug-likeness (QED) is 0.890. The van der Waals surface area contributed by atoms with Gasteiger partial charge in [-0.1, -0.05) is 12.1 Å². The second-order valence-corrected chi connectivity index (χ2v) is 5.36. The van der Waals surface area contributed by atoms with E-state index in [2.05, 4.69) is 11.9 Å². The van der Waals surface area contributed by atoms with Gasteiger partial charge >= 0.3 is 0 Å². The Hall–Kier alpha value is -1.13. The average Bonchev–Trinajstić information content (AvgIpc) is 2.69. The van der Waals surface area contributed by atoms with Gasteiger partial charge in [-0.25, -0.2) is 4.39 Å². The van der Waals surface area contributed by atoms with E-state index in [9.17, 15) is 4.39 Å². The fourth-order valence-corrected chi connectivity index (χ4v) is 2.91. The van der Waals surface area contributed by atoms with Gasteiger partial charge in [-0.15, -0.1) is 0 Å². The second kappa shape index (κ2) is 5.24. The van der Waals surface area contributed by atoms with Gasteiger partial charge in [0.2, 0.25) is 0 Å². The summed E-state index contributed by atoms with van der Waals surface area (Å²) in [6, 6.07) is 5.61. The first-order valence-corrected chi connectivity index (χ1v) is 6.40. The van der Waals surface area contributed by atoms with Crippen molar-refractivity contribution >= 4 is 5.69 Å². The second-order valence-electron chi connectivity index (χ2n) is 5.36. The van der Waals surface area contributed by atoms with Gasteiger partial charge in [0.25, 0.3) is 0 Å². The van der Waals surface area contributed by atoms with Gasteiger partial charge in [0, 0.05) is 26.7 Å². The van der Waals surface area contributed by atoms with Crippen LogP contribution in [0.25, 0.3) is 0 Å². The van der Waals surface area contributed by atoms with Crippen molar-refractivity contribution in [2.75, 3.05) is 39.1 Å². The summed E-state index contributed by atoms with van der Waals surface area (Å²) in [5.41, 5.74) is 7.52. The number of likely N-dealkylation sites (tertiary alicyclic amines) is 1. The molecule has 1 aromatic rings. The van der Waals surface area contributed by atoms with Crippen LogP contribution in [0.2, 0.25) is 0 Å². The highest BCUT2D eigenvalue weighted by molar-refractivity contribution is 5.55. The van der Waals surface area contributed by atoms with E-state index in [1.54, 1.807) is 6.07 Å². The summed E-state index contributed by atoms with van der Waals surface area (Å²) in [5.74, 6) is 0.361. The van der Waals surface area contributed by atoms with Crippen LogP contribution in [0.4, 0.5) is 10.1 Å². The number of benzene rings is 1. The Morgan fingerprint density at radius 2 is 2.17 bits per heavy atom. The maximum absolute atomic E-state index is 14.0. The first-order valence-electron chi connectivity index (χ1n) is 6.40. The molecule has 1 heterocycles. The Morgan fingerprint density at radius 1 is 1.44 bits per heavy atom. The van der Waals surface area contributed by atoms with Crippen molar-refractivity contribution in [2.45, 2.75) is 12.5 Å². The number of halogens is 1. The van der Waals surface area contributed by atoms with Crippen LogP contribution in [0.3, 0.4) is 0 Å². The predicted octanol–water partition coefficient (Wildman–Crippen LogP) is 1.84. The summed E-state index contributed by atoms with van der Waals surface area (Å²) in [6.07, 6.45) is 1.01. The van der Waals surface area contributed by atoms with Gasteiger partial charge in [-0.2, -0.15) is 0 Å². The molecule has 0 amide bonds. The van der Waals surface area contributed by atoms with Crippen molar-refractivity contribution in [2.24, 2.45) is 11.7 Å². The van der Waals surface area contributed by atoms with Crippen LogP contribution in [0, 0.1) is 11.7 Å². The number of para-hydroxylation sites is 1. The maximum Gasteiger partial charge on any atom is 0.146 e. The highest BCUT2D eigenvalue weighted by atomic mass is 19.1. The van der Waals surface area contributed by atoms with E-state index in [-0.39, 0.29) is 11.9 Å². The van der Waals surface area contributed by atoms with Crippen molar-refractivity contribution in [3.63, 3.8) is 0 Å². The van der Waals surface area contributed by atoms with Crippen LogP contribution in [0.5, 0.6) is 0 Å². The highest BCUT2D eigenvalue weighted by Gasteiger charge is 2.32. The molecular weight excluding hydrogens is 229 g/mol. The molecule has 100 valence electrons. The van der Waals surface area contributed by atoms with Crippen LogP contribution in [-0.2, 0) is 0 Å². The largest absolute Gasteiger partial charge is 0.375 e. The molecule has 2 unspecified atom stereocenters. The van der Waals surface area contributed by atoms with Gasteiger partial charge in [-0.05, 0) is 37.6 Å². The molecule has 0 aliphatic carbocycles. The lowest BCUT2D eigenvalue weighted by Gasteiger charge is -2.26. The molecule has 1 aliphatic heterocycles. The van der Waals surface area contributed by atoms with E-state index in [0.29, 0.717) is 18.2 Å². The third-order valence-electron chi connectivity index (χ3n) is 3.79. The first kappa shape index (κ1) is 13.3. The Labute approximate surface area is 108 Å². The van der Waals surface area contributed by atoms with Crippen LogP contribution < -0.4 is 10.6 Å². The van der Waals surface area contributed by atoms with Crippen LogP contribution in [0.15, 0.2) is 18.2 Å². The third-order valence-corrected chi connectivity index (χ3v) is 3.79. The Balaban J connectivity index is 2.36. The molecule has 2 rings (SSSR count). The molecule has 3 nitrogen and oxygen atoms in total. The molecule has 1 aliphatic rings. The van der Waals surface area contributed by atoms with E-state index in [0.717, 1.165) is 18.5 Å². The van der Waals surface area contributed by atoms with Crippen molar-refractivity contribution in [1.82, 2.24) is 4.90 Å². The molecule has 0 radical (unpaired) electrons. The smallest absolute Gasteiger partial charge is 0.146 e. The molecule has 0 saturated carbocycles. The molecule has 0 aromatic heterocycles. The summed E-state index contributed by atoms with van der Waals surface area (Å²) in [6.45, 7) is 1.69. The standard InChI is InChI=1S/C14H22FN3/c1-17(2)14-11(5-4-6-12(14)15)13-7-10(8-16)9-18(13)3/h4-6,10,13H,7-9,16H2,1-3H3. The number of rotatable bonds is 3. The lowest BCUT2D eigenvalue weighted by atomic mass is 9.98. The molecule has 1 saturated heterocycles. The zero-order chi connectivity index (χ0) is 13.3.